The lowest BCUT2D eigenvalue weighted by Gasteiger charge is -2.22. The van der Waals surface area contributed by atoms with Gasteiger partial charge in [0.05, 0.1) is 36.5 Å². The maximum Gasteiger partial charge on any atom is 0.273 e. The summed E-state index contributed by atoms with van der Waals surface area (Å²) in [6.45, 7) is 4.00. The van der Waals surface area contributed by atoms with Gasteiger partial charge in [0.15, 0.2) is 11.0 Å². The third kappa shape index (κ3) is 3.73. The Morgan fingerprint density at radius 2 is 2.21 bits per heavy atom. The van der Waals surface area contributed by atoms with E-state index in [1.165, 1.54) is 3.97 Å². The molecule has 0 radical (unpaired) electrons. The lowest BCUT2D eigenvalue weighted by molar-refractivity contribution is -0.0899. The van der Waals surface area contributed by atoms with E-state index in [1.54, 1.807) is 30.5 Å². The van der Waals surface area contributed by atoms with Crippen molar-refractivity contribution in [2.45, 2.75) is 24.3 Å². The molecule has 0 aliphatic carbocycles. The second kappa shape index (κ2) is 7.86. The van der Waals surface area contributed by atoms with Crippen molar-refractivity contribution in [2.24, 2.45) is 0 Å². The highest BCUT2D eigenvalue weighted by Crippen LogP contribution is 2.28. The van der Waals surface area contributed by atoms with Crippen LogP contribution >= 0.6 is 0 Å². The van der Waals surface area contributed by atoms with Gasteiger partial charge in [-0.05, 0) is 43.2 Å². The standard InChI is InChI=1S/C19H21N3O5S/c1-12-8-16-19(24)21-15-9-13(2-3-17(15)28(25)22(16)10-12)18(23)20-5-4-14-11-26-6-7-27-14/h2-3,8-10,14H,4-7,11H2,1H3,(H,20,23)(H,21,24). The van der Waals surface area contributed by atoms with Gasteiger partial charge < -0.3 is 20.1 Å². The number of carbonyl (C=O) groups is 2. The largest absolute Gasteiger partial charge is 0.376 e. The molecule has 2 aliphatic rings. The van der Waals surface area contributed by atoms with Crippen LogP contribution in [-0.4, -0.2) is 52.5 Å². The molecule has 1 saturated heterocycles. The molecule has 9 heteroatoms. The second-order valence-corrected chi connectivity index (χ2v) is 8.09. The maximum atomic E-state index is 12.9. The third-order valence-electron chi connectivity index (χ3n) is 4.65. The van der Waals surface area contributed by atoms with E-state index in [0.29, 0.717) is 54.6 Å². The van der Waals surface area contributed by atoms with Crippen LogP contribution in [0.5, 0.6) is 0 Å². The smallest absolute Gasteiger partial charge is 0.273 e. The average Bonchev–Trinajstić information content (AvgIpc) is 3.06. The van der Waals surface area contributed by atoms with Crippen molar-refractivity contribution < 1.29 is 23.3 Å². The highest BCUT2D eigenvalue weighted by atomic mass is 32.2. The molecule has 1 aromatic carbocycles. The molecule has 148 valence electrons. The number of aryl methyl sites for hydroxylation is 1. The molecule has 0 saturated carbocycles. The van der Waals surface area contributed by atoms with Gasteiger partial charge >= 0.3 is 0 Å². The summed E-state index contributed by atoms with van der Waals surface area (Å²) in [4.78, 5) is 25.4. The molecule has 0 spiro atoms. The number of rotatable bonds is 4. The van der Waals surface area contributed by atoms with Gasteiger partial charge in [0.1, 0.15) is 5.69 Å². The van der Waals surface area contributed by atoms with E-state index in [0.717, 1.165) is 5.56 Å². The lowest BCUT2D eigenvalue weighted by Crippen LogP contribution is -2.33. The van der Waals surface area contributed by atoms with Crippen LogP contribution in [-0.2, 0) is 20.5 Å². The fourth-order valence-corrected chi connectivity index (χ4v) is 4.51. The number of benzene rings is 1. The van der Waals surface area contributed by atoms with Crippen molar-refractivity contribution in [3.05, 3.63) is 47.3 Å². The Hall–Kier alpha value is -2.49. The van der Waals surface area contributed by atoms with Gasteiger partial charge in [-0.15, -0.1) is 0 Å². The number of amides is 2. The minimum atomic E-state index is -1.57. The van der Waals surface area contributed by atoms with Crippen LogP contribution in [0.3, 0.4) is 0 Å². The van der Waals surface area contributed by atoms with E-state index in [1.807, 2.05) is 6.92 Å². The van der Waals surface area contributed by atoms with E-state index >= 15 is 0 Å². The Kier molecular flexibility index (Phi) is 5.29. The highest BCUT2D eigenvalue weighted by Gasteiger charge is 2.26. The molecule has 2 aromatic rings. The van der Waals surface area contributed by atoms with Crippen molar-refractivity contribution in [1.82, 2.24) is 9.29 Å². The van der Waals surface area contributed by atoms with Crippen molar-refractivity contribution in [1.29, 1.82) is 0 Å². The van der Waals surface area contributed by atoms with Crippen LogP contribution < -0.4 is 10.6 Å². The van der Waals surface area contributed by atoms with Gasteiger partial charge in [0, 0.05) is 18.3 Å². The van der Waals surface area contributed by atoms with Crippen molar-refractivity contribution >= 4 is 28.5 Å². The van der Waals surface area contributed by atoms with Crippen LogP contribution in [0.1, 0.15) is 32.8 Å². The van der Waals surface area contributed by atoms with Crippen molar-refractivity contribution in [3.8, 4) is 0 Å². The first-order valence-corrected chi connectivity index (χ1v) is 10.2. The highest BCUT2D eigenvalue weighted by molar-refractivity contribution is 7.83. The first-order valence-electron chi connectivity index (χ1n) is 9.07. The molecule has 1 aromatic heterocycles. The van der Waals surface area contributed by atoms with Gasteiger partial charge in [-0.25, -0.2) is 4.21 Å². The number of hydrogen-bond donors (Lipinski definition) is 2. The zero-order valence-corrected chi connectivity index (χ0v) is 16.2. The Balaban J connectivity index is 1.47. The summed E-state index contributed by atoms with van der Waals surface area (Å²) in [7, 11) is -1.57. The van der Waals surface area contributed by atoms with Crippen LogP contribution in [0, 0.1) is 6.92 Å². The van der Waals surface area contributed by atoms with Gasteiger partial charge in [-0.3, -0.25) is 13.6 Å². The summed E-state index contributed by atoms with van der Waals surface area (Å²) in [5.74, 6) is -0.619. The van der Waals surface area contributed by atoms with Crippen molar-refractivity contribution in [2.75, 3.05) is 31.7 Å². The second-order valence-electron chi connectivity index (χ2n) is 6.75. The molecule has 2 atom stereocenters. The number of fused-ring (bicyclic) bond motifs is 2. The number of hydrogen-bond acceptors (Lipinski definition) is 5. The predicted octanol–water partition coefficient (Wildman–Crippen LogP) is 1.47. The van der Waals surface area contributed by atoms with Gasteiger partial charge in [0.2, 0.25) is 0 Å². The molecule has 1 fully saturated rings. The number of aromatic nitrogens is 1. The van der Waals surface area contributed by atoms with E-state index in [9.17, 15) is 13.8 Å². The molecule has 3 heterocycles. The minimum absolute atomic E-state index is 0.0129. The van der Waals surface area contributed by atoms with Gasteiger partial charge in [-0.1, -0.05) is 0 Å². The number of nitrogens with zero attached hydrogens (tertiary/aromatic N) is 1. The molecule has 2 aliphatic heterocycles. The quantitative estimate of drug-likeness (QED) is 0.806. The molecule has 2 unspecified atom stereocenters. The summed E-state index contributed by atoms with van der Waals surface area (Å²) in [5.41, 5.74) is 1.94. The van der Waals surface area contributed by atoms with Gasteiger partial charge in [-0.2, -0.15) is 0 Å². The first-order chi connectivity index (χ1) is 13.5. The molecule has 4 rings (SSSR count). The number of nitrogens with one attached hydrogen (secondary N) is 2. The molecular weight excluding hydrogens is 382 g/mol. The third-order valence-corrected chi connectivity index (χ3v) is 6.04. The Bertz CT molecular complexity index is 949. The summed E-state index contributed by atoms with van der Waals surface area (Å²) in [5, 5.41) is 5.60. The molecule has 2 amide bonds. The monoisotopic (exact) mass is 403 g/mol. The Morgan fingerprint density at radius 1 is 1.36 bits per heavy atom. The first kappa shape index (κ1) is 18.9. The van der Waals surface area contributed by atoms with E-state index in [4.69, 9.17) is 9.47 Å². The van der Waals surface area contributed by atoms with Crippen molar-refractivity contribution in [3.63, 3.8) is 0 Å². The van der Waals surface area contributed by atoms with Crippen LogP contribution in [0.15, 0.2) is 35.4 Å². The van der Waals surface area contributed by atoms with Crippen LogP contribution in [0.2, 0.25) is 0 Å². The van der Waals surface area contributed by atoms with E-state index in [2.05, 4.69) is 10.6 Å². The summed E-state index contributed by atoms with van der Waals surface area (Å²) < 4.78 is 25.2. The SMILES string of the molecule is Cc1cc2n(c1)S(=O)c1ccc(C(=O)NCCC3COCCO3)cc1NC2=O. The van der Waals surface area contributed by atoms with Crippen LogP contribution in [0.4, 0.5) is 5.69 Å². The minimum Gasteiger partial charge on any atom is -0.376 e. The molecule has 0 bridgehead atoms. The zero-order chi connectivity index (χ0) is 19.7. The predicted molar refractivity (Wildman–Crippen MR) is 103 cm³/mol. The topological polar surface area (TPSA) is 98.7 Å². The number of ether oxygens (including phenoxy) is 2. The normalized spacial score (nSPS) is 21.2. The summed E-state index contributed by atoms with van der Waals surface area (Å²) >= 11 is 0. The molecule has 28 heavy (non-hydrogen) atoms. The van der Waals surface area contributed by atoms with E-state index in [-0.39, 0.29) is 17.9 Å². The summed E-state index contributed by atoms with van der Waals surface area (Å²) in [6, 6.07) is 6.46. The summed E-state index contributed by atoms with van der Waals surface area (Å²) in [6.07, 6.45) is 2.32. The van der Waals surface area contributed by atoms with Gasteiger partial charge in [0.25, 0.3) is 11.8 Å². The Labute approximate surface area is 164 Å². The molecular formula is C19H21N3O5S. The fraction of sp³-hybridized carbons (Fsp3) is 0.368. The number of anilines is 1. The lowest BCUT2D eigenvalue weighted by atomic mass is 10.1. The average molecular weight is 403 g/mol. The maximum absolute atomic E-state index is 12.9. The fourth-order valence-electron chi connectivity index (χ4n) is 3.24. The molecule has 8 nitrogen and oxygen atoms in total. The van der Waals surface area contributed by atoms with Crippen LogP contribution in [0.25, 0.3) is 0 Å². The zero-order valence-electron chi connectivity index (χ0n) is 15.4. The Morgan fingerprint density at radius 3 is 3.00 bits per heavy atom. The number of carbonyl (C=O) groups excluding carboxylic acids is 2. The molecule has 2 N–H and O–H groups in total. The van der Waals surface area contributed by atoms with E-state index < -0.39 is 11.0 Å².